The van der Waals surface area contributed by atoms with Crippen molar-refractivity contribution in [3.8, 4) is 0 Å². The summed E-state index contributed by atoms with van der Waals surface area (Å²) in [4.78, 5) is 15.4. The zero-order valence-corrected chi connectivity index (χ0v) is 13.8. The molecule has 1 amide bonds. The molecule has 21 heavy (non-hydrogen) atoms. The normalized spacial score (nSPS) is 18.7. The topological polar surface area (TPSA) is 49.4 Å². The number of benzene rings is 1. The highest BCUT2D eigenvalue weighted by atomic mass is 32.2. The van der Waals surface area contributed by atoms with E-state index in [1.54, 1.807) is 30.5 Å². The van der Waals surface area contributed by atoms with E-state index in [2.05, 4.69) is 24.1 Å². The molecule has 4 nitrogen and oxygen atoms in total. The SMILES string of the molecule is CC(C)N1CCC(NC(=O)c2ccc(S(C)=O)cc2)CC1. The number of hydrogen-bond acceptors (Lipinski definition) is 3. The van der Waals surface area contributed by atoms with Gasteiger partial charge in [0.2, 0.25) is 0 Å². The number of amides is 1. The van der Waals surface area contributed by atoms with Gasteiger partial charge in [0.1, 0.15) is 0 Å². The minimum atomic E-state index is -1.00. The first-order chi connectivity index (χ1) is 9.97. The van der Waals surface area contributed by atoms with Gasteiger partial charge in [-0.25, -0.2) is 0 Å². The number of carbonyl (C=O) groups excluding carboxylic acids is 1. The van der Waals surface area contributed by atoms with Crippen LogP contribution in [0.1, 0.15) is 37.0 Å². The molecule has 116 valence electrons. The summed E-state index contributed by atoms with van der Waals surface area (Å²) in [5, 5.41) is 3.10. The molecule has 1 saturated heterocycles. The molecule has 5 heteroatoms. The number of nitrogens with zero attached hydrogens (tertiary/aromatic N) is 1. The number of rotatable bonds is 4. The van der Waals surface area contributed by atoms with Gasteiger partial charge in [0.05, 0.1) is 0 Å². The zero-order valence-electron chi connectivity index (χ0n) is 13.0. The fraction of sp³-hybridized carbons (Fsp3) is 0.562. The molecule has 2 rings (SSSR count). The summed E-state index contributed by atoms with van der Waals surface area (Å²) in [6.07, 6.45) is 3.64. The highest BCUT2D eigenvalue weighted by Gasteiger charge is 2.22. The van der Waals surface area contributed by atoms with E-state index in [4.69, 9.17) is 0 Å². The molecule has 1 heterocycles. The van der Waals surface area contributed by atoms with Crippen LogP contribution in [0.3, 0.4) is 0 Å². The van der Waals surface area contributed by atoms with E-state index in [0.29, 0.717) is 11.6 Å². The molecule has 1 atom stereocenters. The average Bonchev–Trinajstić information content (AvgIpc) is 2.47. The number of carbonyl (C=O) groups is 1. The molecule has 0 saturated carbocycles. The zero-order chi connectivity index (χ0) is 15.4. The van der Waals surface area contributed by atoms with Crippen LogP contribution in [0.25, 0.3) is 0 Å². The largest absolute Gasteiger partial charge is 0.349 e. The molecule has 0 radical (unpaired) electrons. The van der Waals surface area contributed by atoms with Crippen LogP contribution in [0, 0.1) is 0 Å². The Hall–Kier alpha value is -1.20. The highest BCUT2D eigenvalue weighted by Crippen LogP contribution is 2.14. The lowest BCUT2D eigenvalue weighted by Gasteiger charge is -2.34. The summed E-state index contributed by atoms with van der Waals surface area (Å²) in [7, 11) is -1.00. The van der Waals surface area contributed by atoms with Crippen LogP contribution in [-0.4, -0.2) is 46.4 Å². The van der Waals surface area contributed by atoms with E-state index in [9.17, 15) is 9.00 Å². The monoisotopic (exact) mass is 308 g/mol. The maximum atomic E-state index is 12.2. The minimum Gasteiger partial charge on any atom is -0.349 e. The Bertz CT molecular complexity index is 506. The van der Waals surface area contributed by atoms with Crippen molar-refractivity contribution in [1.82, 2.24) is 10.2 Å². The van der Waals surface area contributed by atoms with Gasteiger partial charge < -0.3 is 10.2 Å². The lowest BCUT2D eigenvalue weighted by Crippen LogP contribution is -2.46. The standard InChI is InChI=1S/C16H24N2O2S/c1-12(2)18-10-8-14(9-11-18)17-16(19)13-4-6-15(7-5-13)21(3)20/h4-7,12,14H,8-11H2,1-3H3,(H,17,19). The summed E-state index contributed by atoms with van der Waals surface area (Å²) >= 11 is 0. The van der Waals surface area contributed by atoms with Crippen molar-refractivity contribution >= 4 is 16.7 Å². The van der Waals surface area contributed by atoms with Crippen molar-refractivity contribution in [1.29, 1.82) is 0 Å². The average molecular weight is 308 g/mol. The third-order valence-electron chi connectivity index (χ3n) is 4.04. The van der Waals surface area contributed by atoms with Crippen LogP contribution in [0.15, 0.2) is 29.2 Å². The van der Waals surface area contributed by atoms with E-state index in [-0.39, 0.29) is 11.9 Å². The second-order valence-corrected chi connectivity index (χ2v) is 7.24. The molecule has 1 aromatic carbocycles. The smallest absolute Gasteiger partial charge is 0.251 e. The van der Waals surface area contributed by atoms with Gasteiger partial charge >= 0.3 is 0 Å². The van der Waals surface area contributed by atoms with Gasteiger partial charge in [0, 0.05) is 52.7 Å². The van der Waals surface area contributed by atoms with E-state index >= 15 is 0 Å². The third-order valence-corrected chi connectivity index (χ3v) is 4.98. The maximum absolute atomic E-state index is 12.2. The lowest BCUT2D eigenvalue weighted by atomic mass is 10.0. The predicted octanol–water partition coefficient (Wildman–Crippen LogP) is 2.03. The minimum absolute atomic E-state index is 0.0357. The first kappa shape index (κ1) is 16.2. The molecular weight excluding hydrogens is 284 g/mol. The third kappa shape index (κ3) is 4.38. The lowest BCUT2D eigenvalue weighted by molar-refractivity contribution is 0.0900. The predicted molar refractivity (Wildman–Crippen MR) is 86.0 cm³/mol. The van der Waals surface area contributed by atoms with Crippen molar-refractivity contribution in [2.24, 2.45) is 0 Å². The Labute approximate surface area is 129 Å². The number of hydrogen-bond donors (Lipinski definition) is 1. The number of nitrogens with one attached hydrogen (secondary N) is 1. The molecule has 0 aromatic heterocycles. The van der Waals surface area contributed by atoms with Gasteiger partial charge in [-0.15, -0.1) is 0 Å². The van der Waals surface area contributed by atoms with Crippen LogP contribution in [0.2, 0.25) is 0 Å². The van der Waals surface area contributed by atoms with Crippen molar-refractivity contribution < 1.29 is 9.00 Å². The Morgan fingerprint density at radius 2 is 1.81 bits per heavy atom. The first-order valence-corrected chi connectivity index (χ1v) is 9.01. The van der Waals surface area contributed by atoms with Crippen LogP contribution in [-0.2, 0) is 10.8 Å². The Balaban J connectivity index is 1.89. The molecule has 1 unspecified atom stereocenters. The fourth-order valence-corrected chi connectivity index (χ4v) is 3.15. The van der Waals surface area contributed by atoms with Crippen LogP contribution in [0.4, 0.5) is 0 Å². The van der Waals surface area contributed by atoms with Gasteiger partial charge in [-0.05, 0) is 51.0 Å². The summed E-state index contributed by atoms with van der Waals surface area (Å²) < 4.78 is 11.3. The van der Waals surface area contributed by atoms with E-state index in [1.807, 2.05) is 0 Å². The van der Waals surface area contributed by atoms with Crippen molar-refractivity contribution in [3.63, 3.8) is 0 Å². The summed E-state index contributed by atoms with van der Waals surface area (Å²) in [5.74, 6) is -0.0357. The summed E-state index contributed by atoms with van der Waals surface area (Å²) in [6.45, 7) is 6.49. The first-order valence-electron chi connectivity index (χ1n) is 7.46. The Morgan fingerprint density at radius 1 is 1.24 bits per heavy atom. The van der Waals surface area contributed by atoms with Crippen LogP contribution >= 0.6 is 0 Å². The summed E-state index contributed by atoms with van der Waals surface area (Å²) in [6, 6.07) is 7.83. The van der Waals surface area contributed by atoms with E-state index < -0.39 is 10.8 Å². The maximum Gasteiger partial charge on any atom is 0.251 e. The fourth-order valence-electron chi connectivity index (χ4n) is 2.63. The van der Waals surface area contributed by atoms with Gasteiger partial charge in [-0.1, -0.05) is 0 Å². The van der Waals surface area contributed by atoms with Crippen molar-refractivity contribution in [2.45, 2.75) is 43.7 Å². The molecule has 1 aliphatic rings. The second kappa shape index (κ2) is 7.18. The molecule has 0 bridgehead atoms. The van der Waals surface area contributed by atoms with Crippen LogP contribution < -0.4 is 5.32 Å². The molecule has 1 aromatic rings. The quantitative estimate of drug-likeness (QED) is 0.926. The molecule has 1 fully saturated rings. The second-order valence-electron chi connectivity index (χ2n) is 5.86. The molecule has 0 aliphatic carbocycles. The van der Waals surface area contributed by atoms with Gasteiger partial charge in [0.15, 0.2) is 0 Å². The van der Waals surface area contributed by atoms with Crippen molar-refractivity contribution in [3.05, 3.63) is 29.8 Å². The number of piperidine rings is 1. The number of likely N-dealkylation sites (tertiary alicyclic amines) is 1. The van der Waals surface area contributed by atoms with E-state index in [1.165, 1.54) is 0 Å². The Kier molecular flexibility index (Phi) is 5.53. The molecule has 1 aliphatic heterocycles. The van der Waals surface area contributed by atoms with Gasteiger partial charge in [-0.2, -0.15) is 0 Å². The Morgan fingerprint density at radius 3 is 2.29 bits per heavy atom. The van der Waals surface area contributed by atoms with Crippen LogP contribution in [0.5, 0.6) is 0 Å². The van der Waals surface area contributed by atoms with E-state index in [0.717, 1.165) is 30.8 Å². The van der Waals surface area contributed by atoms with Gasteiger partial charge in [-0.3, -0.25) is 9.00 Å². The van der Waals surface area contributed by atoms with Gasteiger partial charge in [0.25, 0.3) is 5.91 Å². The molecule has 0 spiro atoms. The molecule has 1 N–H and O–H groups in total. The van der Waals surface area contributed by atoms with Crippen molar-refractivity contribution in [2.75, 3.05) is 19.3 Å². The molecular formula is C16H24N2O2S. The highest BCUT2D eigenvalue weighted by molar-refractivity contribution is 7.84. The summed E-state index contributed by atoms with van der Waals surface area (Å²) in [5.41, 5.74) is 0.635.